The first-order valence-corrected chi connectivity index (χ1v) is 13.0. The molecule has 1 aromatic carbocycles. The summed E-state index contributed by atoms with van der Waals surface area (Å²) in [5.41, 5.74) is 1.35. The molecule has 31 heavy (non-hydrogen) atoms. The SMILES string of the molecule is CCN(CC)S(=O)(=O)c1ccc2c(c1)C[C@H](C(=O)NC1CCCCCCC1)N2C(C)=O. The van der Waals surface area contributed by atoms with Crippen molar-refractivity contribution in [2.45, 2.75) is 89.1 Å². The van der Waals surface area contributed by atoms with Crippen LogP contribution in [0.25, 0.3) is 0 Å². The van der Waals surface area contributed by atoms with Crippen molar-refractivity contribution < 1.29 is 18.0 Å². The van der Waals surface area contributed by atoms with Crippen LogP contribution in [-0.2, 0) is 26.0 Å². The summed E-state index contributed by atoms with van der Waals surface area (Å²) in [7, 11) is -3.60. The van der Waals surface area contributed by atoms with Gasteiger partial charge in [0.05, 0.1) is 4.90 Å². The van der Waals surface area contributed by atoms with E-state index in [2.05, 4.69) is 5.32 Å². The van der Waals surface area contributed by atoms with Gasteiger partial charge in [-0.25, -0.2) is 8.42 Å². The van der Waals surface area contributed by atoms with E-state index in [-0.39, 0.29) is 22.8 Å². The van der Waals surface area contributed by atoms with Gasteiger partial charge in [0.2, 0.25) is 21.8 Å². The fourth-order valence-corrected chi connectivity index (χ4v) is 6.31. The molecule has 1 aromatic rings. The van der Waals surface area contributed by atoms with E-state index in [1.165, 1.54) is 41.5 Å². The molecule has 8 heteroatoms. The number of nitrogens with one attached hydrogen (secondary N) is 1. The van der Waals surface area contributed by atoms with E-state index in [0.717, 1.165) is 31.2 Å². The third kappa shape index (κ3) is 5.12. The molecule has 0 bridgehead atoms. The smallest absolute Gasteiger partial charge is 0.243 e. The first-order chi connectivity index (χ1) is 14.8. The summed E-state index contributed by atoms with van der Waals surface area (Å²) in [6.07, 6.45) is 8.15. The lowest BCUT2D eigenvalue weighted by atomic mass is 9.96. The predicted octanol–water partition coefficient (Wildman–Crippen LogP) is 3.22. The van der Waals surface area contributed by atoms with Crippen LogP contribution in [0.2, 0.25) is 0 Å². The molecule has 1 aliphatic carbocycles. The van der Waals surface area contributed by atoms with Crippen molar-refractivity contribution >= 4 is 27.5 Å². The summed E-state index contributed by atoms with van der Waals surface area (Å²) in [5.74, 6) is -0.360. The fraction of sp³-hybridized carbons (Fsp3) is 0.652. The van der Waals surface area contributed by atoms with Crippen LogP contribution < -0.4 is 10.2 Å². The Morgan fingerprint density at radius 3 is 2.26 bits per heavy atom. The molecule has 1 aliphatic heterocycles. The molecule has 3 rings (SSSR count). The molecule has 1 atom stereocenters. The summed E-state index contributed by atoms with van der Waals surface area (Å²) in [6, 6.07) is 4.34. The highest BCUT2D eigenvalue weighted by Gasteiger charge is 2.38. The highest BCUT2D eigenvalue weighted by molar-refractivity contribution is 7.89. The molecule has 2 amide bonds. The van der Waals surface area contributed by atoms with Crippen LogP contribution in [0.5, 0.6) is 0 Å². The zero-order valence-corrected chi connectivity index (χ0v) is 19.7. The molecular weight excluding hydrogens is 414 g/mol. The molecule has 7 nitrogen and oxygen atoms in total. The lowest BCUT2D eigenvalue weighted by molar-refractivity contribution is -0.126. The van der Waals surface area contributed by atoms with Crippen LogP contribution in [-0.4, -0.2) is 49.7 Å². The lowest BCUT2D eigenvalue weighted by Gasteiger charge is -2.27. The summed E-state index contributed by atoms with van der Waals surface area (Å²) in [5, 5.41) is 3.17. The van der Waals surface area contributed by atoms with Gasteiger partial charge in [0.25, 0.3) is 0 Å². The van der Waals surface area contributed by atoms with Crippen molar-refractivity contribution in [1.29, 1.82) is 0 Å². The minimum Gasteiger partial charge on any atom is -0.352 e. The van der Waals surface area contributed by atoms with E-state index in [0.29, 0.717) is 25.2 Å². The second kappa shape index (κ2) is 10.1. The number of sulfonamides is 1. The predicted molar refractivity (Wildman–Crippen MR) is 121 cm³/mol. The van der Waals surface area contributed by atoms with Crippen molar-refractivity contribution in [2.75, 3.05) is 18.0 Å². The molecule has 172 valence electrons. The fourth-order valence-electron chi connectivity index (χ4n) is 4.80. The number of hydrogen-bond acceptors (Lipinski definition) is 4. The van der Waals surface area contributed by atoms with E-state index >= 15 is 0 Å². The van der Waals surface area contributed by atoms with Crippen molar-refractivity contribution in [3.8, 4) is 0 Å². The minimum absolute atomic E-state index is 0.143. The van der Waals surface area contributed by atoms with Gasteiger partial charge in [0.1, 0.15) is 6.04 Å². The van der Waals surface area contributed by atoms with E-state index in [4.69, 9.17) is 0 Å². The van der Waals surface area contributed by atoms with Crippen LogP contribution in [0.15, 0.2) is 23.1 Å². The normalized spacial score (nSPS) is 20.3. The molecule has 1 fully saturated rings. The summed E-state index contributed by atoms with van der Waals surface area (Å²) in [4.78, 5) is 27.3. The quantitative estimate of drug-likeness (QED) is 0.722. The van der Waals surface area contributed by atoms with Crippen molar-refractivity contribution in [3.63, 3.8) is 0 Å². The van der Waals surface area contributed by atoms with Gasteiger partial charge in [0, 0.05) is 38.2 Å². The van der Waals surface area contributed by atoms with Crippen LogP contribution >= 0.6 is 0 Å². The van der Waals surface area contributed by atoms with Gasteiger partial charge in [-0.3, -0.25) is 14.5 Å². The summed E-state index contributed by atoms with van der Waals surface area (Å²) in [6.45, 7) is 5.85. The first kappa shape index (κ1) is 23.7. The second-order valence-electron chi connectivity index (χ2n) is 8.54. The zero-order valence-electron chi connectivity index (χ0n) is 18.9. The number of amides is 2. The molecule has 0 spiro atoms. The number of rotatable bonds is 6. The molecule has 0 unspecified atom stereocenters. The number of hydrogen-bond donors (Lipinski definition) is 1. The Hall–Kier alpha value is -1.93. The standard InChI is InChI=1S/C23H35N3O4S/c1-4-25(5-2)31(29,30)20-13-14-21-18(15-20)16-22(26(21)17(3)27)23(28)24-19-11-9-7-6-8-10-12-19/h13-15,19,22H,4-12,16H2,1-3H3,(H,24,28)/t22-/m1/s1. The Kier molecular flexibility index (Phi) is 7.75. The van der Waals surface area contributed by atoms with Crippen LogP contribution in [0.4, 0.5) is 5.69 Å². The van der Waals surface area contributed by atoms with Crippen molar-refractivity contribution in [3.05, 3.63) is 23.8 Å². The Labute approximate surface area is 186 Å². The van der Waals surface area contributed by atoms with Crippen molar-refractivity contribution in [2.24, 2.45) is 0 Å². The van der Waals surface area contributed by atoms with Crippen molar-refractivity contribution in [1.82, 2.24) is 9.62 Å². The van der Waals surface area contributed by atoms with Gasteiger partial charge in [-0.1, -0.05) is 46.0 Å². The van der Waals surface area contributed by atoms with Gasteiger partial charge < -0.3 is 5.32 Å². The average molecular weight is 450 g/mol. The summed E-state index contributed by atoms with van der Waals surface area (Å²) < 4.78 is 27.2. The van der Waals surface area contributed by atoms with Gasteiger partial charge in [-0.2, -0.15) is 4.31 Å². The maximum Gasteiger partial charge on any atom is 0.243 e. The average Bonchev–Trinajstić information content (AvgIpc) is 3.09. The van der Waals surface area contributed by atoms with Crippen LogP contribution in [0, 0.1) is 0 Å². The number of nitrogens with zero attached hydrogens (tertiary/aromatic N) is 2. The third-order valence-electron chi connectivity index (χ3n) is 6.47. The number of benzene rings is 1. The number of anilines is 1. The number of carbonyl (C=O) groups excluding carboxylic acids is 2. The maximum atomic E-state index is 13.1. The lowest BCUT2D eigenvalue weighted by Crippen LogP contribution is -2.50. The Balaban J connectivity index is 1.83. The largest absolute Gasteiger partial charge is 0.352 e. The second-order valence-corrected chi connectivity index (χ2v) is 10.5. The molecule has 2 aliphatic rings. The monoisotopic (exact) mass is 449 g/mol. The Bertz CT molecular complexity index is 903. The van der Waals surface area contributed by atoms with Gasteiger partial charge in [-0.05, 0) is 36.6 Å². The summed E-state index contributed by atoms with van der Waals surface area (Å²) >= 11 is 0. The Morgan fingerprint density at radius 1 is 1.06 bits per heavy atom. The van der Waals surface area contributed by atoms with E-state index in [9.17, 15) is 18.0 Å². The highest BCUT2D eigenvalue weighted by atomic mass is 32.2. The molecule has 0 aromatic heterocycles. The van der Waals surface area contributed by atoms with Crippen LogP contribution in [0.3, 0.4) is 0 Å². The van der Waals surface area contributed by atoms with Gasteiger partial charge >= 0.3 is 0 Å². The topological polar surface area (TPSA) is 86.8 Å². The molecular formula is C23H35N3O4S. The number of carbonyl (C=O) groups is 2. The minimum atomic E-state index is -3.60. The molecule has 0 radical (unpaired) electrons. The molecule has 0 saturated heterocycles. The van der Waals surface area contributed by atoms with Gasteiger partial charge in [-0.15, -0.1) is 0 Å². The van der Waals surface area contributed by atoms with Gasteiger partial charge in [0.15, 0.2) is 0 Å². The van der Waals surface area contributed by atoms with E-state index in [1.807, 2.05) is 13.8 Å². The highest BCUT2D eigenvalue weighted by Crippen LogP contribution is 2.35. The zero-order chi connectivity index (χ0) is 22.6. The third-order valence-corrected chi connectivity index (χ3v) is 8.52. The molecule has 1 N–H and O–H groups in total. The Morgan fingerprint density at radius 2 is 1.68 bits per heavy atom. The van der Waals surface area contributed by atoms with E-state index < -0.39 is 16.1 Å². The molecule has 1 saturated carbocycles. The first-order valence-electron chi connectivity index (χ1n) is 11.5. The van der Waals surface area contributed by atoms with E-state index in [1.54, 1.807) is 12.1 Å². The maximum absolute atomic E-state index is 13.1. The number of fused-ring (bicyclic) bond motifs is 1. The molecule has 1 heterocycles. The van der Waals surface area contributed by atoms with Crippen LogP contribution in [0.1, 0.15) is 71.3 Å².